The van der Waals surface area contributed by atoms with Gasteiger partial charge < -0.3 is 15.7 Å². The molecule has 0 atom stereocenters. The number of ether oxygens (including phenoxy) is 1. The molecule has 0 heterocycles. The Bertz CT molecular complexity index is 353. The van der Waals surface area contributed by atoms with E-state index in [9.17, 15) is 0 Å². The zero-order valence-electron chi connectivity index (χ0n) is 7.70. The van der Waals surface area contributed by atoms with Crippen molar-refractivity contribution in [3.05, 3.63) is 28.2 Å². The van der Waals surface area contributed by atoms with Gasteiger partial charge in [0.1, 0.15) is 5.75 Å². The van der Waals surface area contributed by atoms with Gasteiger partial charge in [0.25, 0.3) is 0 Å². The third kappa shape index (κ3) is 2.17. The summed E-state index contributed by atoms with van der Waals surface area (Å²) >= 11 is 3.31. The van der Waals surface area contributed by atoms with E-state index in [1.54, 1.807) is 12.1 Å². The lowest BCUT2D eigenvalue weighted by Gasteiger charge is -2.10. The highest BCUT2D eigenvalue weighted by Crippen LogP contribution is 2.26. The highest BCUT2D eigenvalue weighted by Gasteiger charge is 2.11. The molecule has 0 bridgehead atoms. The molecule has 0 unspecified atom stereocenters. The summed E-state index contributed by atoms with van der Waals surface area (Å²) in [7, 11) is 0. The molecule has 0 aliphatic heterocycles. The maximum atomic E-state index is 8.59. The molecule has 1 rings (SSSR count). The van der Waals surface area contributed by atoms with Gasteiger partial charge in [0.05, 0.1) is 12.2 Å². The molecule has 0 aliphatic rings. The Morgan fingerprint density at radius 1 is 1.64 bits per heavy atom. The molecule has 0 fully saturated rings. The van der Waals surface area contributed by atoms with E-state index in [0.29, 0.717) is 17.9 Å². The average molecular weight is 259 g/mol. The SMILES string of the molecule is CCOc1cccc(Br)c1/C(N)=N/O. The highest BCUT2D eigenvalue weighted by atomic mass is 79.9. The first-order valence-electron chi connectivity index (χ1n) is 4.10. The van der Waals surface area contributed by atoms with Gasteiger partial charge in [0.15, 0.2) is 5.84 Å². The Kier molecular flexibility index (Phi) is 3.76. The molecule has 4 nitrogen and oxygen atoms in total. The third-order valence-corrected chi connectivity index (χ3v) is 2.30. The molecule has 0 aliphatic carbocycles. The molecule has 0 amide bonds. The van der Waals surface area contributed by atoms with Crippen LogP contribution in [0.15, 0.2) is 27.8 Å². The van der Waals surface area contributed by atoms with Crippen molar-refractivity contribution in [1.29, 1.82) is 0 Å². The molecule has 1 aromatic carbocycles. The molecule has 0 radical (unpaired) electrons. The van der Waals surface area contributed by atoms with Crippen LogP contribution in [-0.2, 0) is 0 Å². The molecular formula is C9H11BrN2O2. The third-order valence-electron chi connectivity index (χ3n) is 1.64. The largest absolute Gasteiger partial charge is 0.493 e. The molecule has 0 spiro atoms. The fourth-order valence-electron chi connectivity index (χ4n) is 1.08. The Labute approximate surface area is 90.5 Å². The highest BCUT2D eigenvalue weighted by molar-refractivity contribution is 9.10. The maximum absolute atomic E-state index is 8.59. The summed E-state index contributed by atoms with van der Waals surface area (Å²) in [5, 5.41) is 11.5. The van der Waals surface area contributed by atoms with E-state index >= 15 is 0 Å². The number of oxime groups is 1. The lowest BCUT2D eigenvalue weighted by Crippen LogP contribution is -2.15. The van der Waals surface area contributed by atoms with E-state index in [0.717, 1.165) is 4.47 Å². The summed E-state index contributed by atoms with van der Waals surface area (Å²) in [6, 6.07) is 5.39. The summed E-state index contributed by atoms with van der Waals surface area (Å²) in [6.45, 7) is 2.40. The minimum absolute atomic E-state index is 0.0286. The van der Waals surface area contributed by atoms with Crippen LogP contribution in [0.1, 0.15) is 12.5 Å². The zero-order chi connectivity index (χ0) is 10.6. The predicted octanol–water partition coefficient (Wildman–Crippen LogP) is 1.94. The first kappa shape index (κ1) is 10.8. The smallest absolute Gasteiger partial charge is 0.174 e. The number of rotatable bonds is 3. The molecule has 3 N–H and O–H groups in total. The van der Waals surface area contributed by atoms with Crippen molar-refractivity contribution in [2.75, 3.05) is 6.61 Å². The van der Waals surface area contributed by atoms with Crippen molar-refractivity contribution in [3.8, 4) is 5.75 Å². The van der Waals surface area contributed by atoms with Gasteiger partial charge >= 0.3 is 0 Å². The van der Waals surface area contributed by atoms with E-state index in [1.807, 2.05) is 13.0 Å². The second kappa shape index (κ2) is 4.85. The van der Waals surface area contributed by atoms with Crippen molar-refractivity contribution < 1.29 is 9.94 Å². The number of hydrogen-bond donors (Lipinski definition) is 2. The van der Waals surface area contributed by atoms with Gasteiger partial charge in [-0.25, -0.2) is 0 Å². The van der Waals surface area contributed by atoms with E-state index in [2.05, 4.69) is 21.1 Å². The van der Waals surface area contributed by atoms with E-state index in [4.69, 9.17) is 15.7 Å². The number of hydrogen-bond acceptors (Lipinski definition) is 3. The van der Waals surface area contributed by atoms with Crippen LogP contribution in [0.3, 0.4) is 0 Å². The van der Waals surface area contributed by atoms with Gasteiger partial charge in [-0.2, -0.15) is 0 Å². The number of halogens is 1. The summed E-state index contributed by atoms with van der Waals surface area (Å²) in [6.07, 6.45) is 0. The van der Waals surface area contributed by atoms with Gasteiger partial charge in [0.2, 0.25) is 0 Å². The topological polar surface area (TPSA) is 67.8 Å². The molecular weight excluding hydrogens is 248 g/mol. The Morgan fingerprint density at radius 2 is 2.36 bits per heavy atom. The summed E-state index contributed by atoms with van der Waals surface area (Å²) in [5.74, 6) is 0.623. The van der Waals surface area contributed by atoms with Gasteiger partial charge in [-0.05, 0) is 35.0 Å². The molecule has 0 saturated carbocycles. The van der Waals surface area contributed by atoms with Crippen molar-refractivity contribution in [3.63, 3.8) is 0 Å². The molecule has 76 valence electrons. The van der Waals surface area contributed by atoms with Crippen LogP contribution in [0.2, 0.25) is 0 Å². The summed E-state index contributed by atoms with van der Waals surface area (Å²) < 4.78 is 6.07. The van der Waals surface area contributed by atoms with Gasteiger partial charge in [-0.3, -0.25) is 0 Å². The van der Waals surface area contributed by atoms with Gasteiger partial charge in [-0.15, -0.1) is 0 Å². The van der Waals surface area contributed by atoms with Crippen LogP contribution in [0.25, 0.3) is 0 Å². The molecule has 1 aromatic rings. The standard InChI is InChI=1S/C9H11BrN2O2/c1-2-14-7-5-3-4-6(10)8(7)9(11)12-13/h3-5,13H,2H2,1H3,(H2,11,12). The molecule has 0 aromatic heterocycles. The van der Waals surface area contributed by atoms with E-state index < -0.39 is 0 Å². The second-order valence-electron chi connectivity index (χ2n) is 2.53. The minimum Gasteiger partial charge on any atom is -0.493 e. The monoisotopic (exact) mass is 258 g/mol. The van der Waals surface area contributed by atoms with E-state index in [1.165, 1.54) is 0 Å². The van der Waals surface area contributed by atoms with Crippen LogP contribution < -0.4 is 10.5 Å². The molecule has 0 saturated heterocycles. The van der Waals surface area contributed by atoms with Crippen molar-refractivity contribution in [1.82, 2.24) is 0 Å². The fraction of sp³-hybridized carbons (Fsp3) is 0.222. The average Bonchev–Trinajstić information content (AvgIpc) is 2.18. The van der Waals surface area contributed by atoms with Crippen molar-refractivity contribution >= 4 is 21.8 Å². The number of amidine groups is 1. The van der Waals surface area contributed by atoms with Crippen LogP contribution in [0, 0.1) is 0 Å². The van der Waals surface area contributed by atoms with E-state index in [-0.39, 0.29) is 5.84 Å². The number of nitrogens with zero attached hydrogens (tertiary/aromatic N) is 1. The van der Waals surface area contributed by atoms with Crippen molar-refractivity contribution in [2.45, 2.75) is 6.92 Å². The second-order valence-corrected chi connectivity index (χ2v) is 3.39. The number of benzene rings is 1. The lowest BCUT2D eigenvalue weighted by atomic mass is 10.2. The Balaban J connectivity index is 3.22. The first-order valence-corrected chi connectivity index (χ1v) is 4.89. The first-order chi connectivity index (χ1) is 6.70. The predicted molar refractivity (Wildman–Crippen MR) is 57.8 cm³/mol. The molecule has 5 heteroatoms. The number of nitrogens with two attached hydrogens (primary N) is 1. The van der Waals surface area contributed by atoms with Crippen LogP contribution in [-0.4, -0.2) is 17.6 Å². The maximum Gasteiger partial charge on any atom is 0.174 e. The quantitative estimate of drug-likeness (QED) is 0.377. The van der Waals surface area contributed by atoms with Crippen molar-refractivity contribution in [2.24, 2.45) is 10.9 Å². The summed E-state index contributed by atoms with van der Waals surface area (Å²) in [5.41, 5.74) is 6.08. The van der Waals surface area contributed by atoms with Crippen LogP contribution in [0.4, 0.5) is 0 Å². The van der Waals surface area contributed by atoms with Crippen LogP contribution in [0.5, 0.6) is 5.75 Å². The minimum atomic E-state index is 0.0286. The Morgan fingerprint density at radius 3 is 2.93 bits per heavy atom. The van der Waals surface area contributed by atoms with Gasteiger partial charge in [0, 0.05) is 4.47 Å². The lowest BCUT2D eigenvalue weighted by molar-refractivity contribution is 0.317. The fourth-order valence-corrected chi connectivity index (χ4v) is 1.63. The van der Waals surface area contributed by atoms with Gasteiger partial charge in [-0.1, -0.05) is 11.2 Å². The van der Waals surface area contributed by atoms with Crippen LogP contribution >= 0.6 is 15.9 Å². The Hall–Kier alpha value is -1.23. The normalized spacial score (nSPS) is 11.4. The summed E-state index contributed by atoms with van der Waals surface area (Å²) in [4.78, 5) is 0. The molecule has 14 heavy (non-hydrogen) atoms. The zero-order valence-corrected chi connectivity index (χ0v) is 9.28.